The first-order valence-corrected chi connectivity index (χ1v) is 9.00. The average molecular weight is 371 g/mol. The molecule has 1 amide bonds. The summed E-state index contributed by atoms with van der Waals surface area (Å²) in [6.45, 7) is 0. The number of nitrogens with zero attached hydrogens (tertiary/aromatic N) is 2. The summed E-state index contributed by atoms with van der Waals surface area (Å²) in [5.74, 6) is 1.99. The van der Waals surface area contributed by atoms with Crippen molar-refractivity contribution >= 4 is 17.2 Å². The summed E-state index contributed by atoms with van der Waals surface area (Å²) in [6, 6.07) is 9.05. The van der Waals surface area contributed by atoms with Gasteiger partial charge >= 0.3 is 0 Å². The molecule has 1 N–H and O–H groups in total. The molecule has 2 heterocycles. The summed E-state index contributed by atoms with van der Waals surface area (Å²) >= 11 is 1.57. The lowest BCUT2D eigenvalue weighted by Crippen LogP contribution is -2.32. The number of imidazole rings is 1. The highest BCUT2D eigenvalue weighted by molar-refractivity contribution is 7.10. The lowest BCUT2D eigenvalue weighted by molar-refractivity contribution is -0.120. The van der Waals surface area contributed by atoms with Gasteiger partial charge in [0.15, 0.2) is 0 Å². The minimum Gasteiger partial charge on any atom is -0.497 e. The van der Waals surface area contributed by atoms with Crippen molar-refractivity contribution in [2.24, 2.45) is 7.05 Å². The molecule has 1 aromatic carbocycles. The fraction of sp³-hybridized carbons (Fsp3) is 0.263. The summed E-state index contributed by atoms with van der Waals surface area (Å²) in [6.07, 6.45) is 3.90. The third kappa shape index (κ3) is 4.05. The van der Waals surface area contributed by atoms with Crippen molar-refractivity contribution in [1.82, 2.24) is 14.9 Å². The van der Waals surface area contributed by atoms with Crippen LogP contribution < -0.4 is 14.8 Å². The molecule has 0 radical (unpaired) electrons. The number of benzene rings is 1. The number of ether oxygens (including phenoxy) is 2. The molecule has 0 saturated carbocycles. The summed E-state index contributed by atoms with van der Waals surface area (Å²) in [5.41, 5.74) is 0.843. The van der Waals surface area contributed by atoms with Gasteiger partial charge in [0, 0.05) is 30.4 Å². The van der Waals surface area contributed by atoms with Crippen LogP contribution in [0.4, 0.5) is 0 Å². The van der Waals surface area contributed by atoms with Crippen LogP contribution in [0.25, 0.3) is 0 Å². The largest absolute Gasteiger partial charge is 0.497 e. The summed E-state index contributed by atoms with van der Waals surface area (Å²) in [7, 11) is 5.10. The molecule has 26 heavy (non-hydrogen) atoms. The number of rotatable bonds is 7. The molecule has 0 fully saturated rings. The van der Waals surface area contributed by atoms with Crippen molar-refractivity contribution in [3.8, 4) is 11.5 Å². The molecule has 3 aromatic rings. The SMILES string of the molecule is COc1cc(OC)cc(C(NC(=O)Cc2cccs2)c2nccn2C)c1. The van der Waals surface area contributed by atoms with Crippen LogP contribution in [0.3, 0.4) is 0 Å². The van der Waals surface area contributed by atoms with Gasteiger partial charge in [-0.1, -0.05) is 6.07 Å². The minimum atomic E-state index is -0.411. The lowest BCUT2D eigenvalue weighted by atomic mass is 10.0. The van der Waals surface area contributed by atoms with Crippen LogP contribution in [-0.4, -0.2) is 29.7 Å². The third-order valence-electron chi connectivity index (χ3n) is 4.04. The molecule has 2 aromatic heterocycles. The van der Waals surface area contributed by atoms with Crippen molar-refractivity contribution in [3.63, 3.8) is 0 Å². The molecule has 6 nitrogen and oxygen atoms in total. The maximum absolute atomic E-state index is 12.6. The monoisotopic (exact) mass is 371 g/mol. The average Bonchev–Trinajstić information content (AvgIpc) is 3.30. The highest BCUT2D eigenvalue weighted by Gasteiger charge is 2.22. The molecular weight excluding hydrogens is 350 g/mol. The Balaban J connectivity index is 1.94. The fourth-order valence-electron chi connectivity index (χ4n) is 2.73. The highest BCUT2D eigenvalue weighted by atomic mass is 32.1. The number of aryl methyl sites for hydroxylation is 1. The van der Waals surface area contributed by atoms with Crippen LogP contribution in [0.1, 0.15) is 22.3 Å². The molecule has 0 aliphatic heterocycles. The van der Waals surface area contributed by atoms with E-state index in [0.29, 0.717) is 17.9 Å². The first-order valence-electron chi connectivity index (χ1n) is 8.12. The van der Waals surface area contributed by atoms with Gasteiger partial charge in [-0.25, -0.2) is 4.98 Å². The quantitative estimate of drug-likeness (QED) is 0.693. The van der Waals surface area contributed by atoms with Gasteiger partial charge in [0.25, 0.3) is 0 Å². The van der Waals surface area contributed by atoms with E-state index in [4.69, 9.17) is 9.47 Å². The van der Waals surface area contributed by atoms with Crippen LogP contribution in [0.2, 0.25) is 0 Å². The molecule has 0 bridgehead atoms. The van der Waals surface area contributed by atoms with E-state index in [9.17, 15) is 4.79 Å². The Morgan fingerprint density at radius 1 is 1.27 bits per heavy atom. The van der Waals surface area contributed by atoms with E-state index in [-0.39, 0.29) is 5.91 Å². The maximum Gasteiger partial charge on any atom is 0.226 e. The number of thiophene rings is 1. The molecule has 0 spiro atoms. The predicted octanol–water partition coefficient (Wildman–Crippen LogP) is 2.95. The van der Waals surface area contributed by atoms with E-state index in [1.165, 1.54) is 0 Å². The number of aromatic nitrogens is 2. The Hall–Kier alpha value is -2.80. The highest BCUT2D eigenvalue weighted by Crippen LogP contribution is 2.29. The molecule has 1 atom stereocenters. The Morgan fingerprint density at radius 2 is 2.00 bits per heavy atom. The fourth-order valence-corrected chi connectivity index (χ4v) is 3.44. The number of hydrogen-bond donors (Lipinski definition) is 1. The number of nitrogens with one attached hydrogen (secondary N) is 1. The zero-order valence-electron chi connectivity index (χ0n) is 14.9. The van der Waals surface area contributed by atoms with Gasteiger partial charge in [-0.2, -0.15) is 0 Å². The number of carbonyl (C=O) groups is 1. The topological polar surface area (TPSA) is 65.4 Å². The standard InChI is InChI=1S/C19H21N3O3S/c1-22-7-6-20-19(22)18(21-17(23)12-16-5-4-8-26-16)13-9-14(24-2)11-15(10-13)25-3/h4-11,18H,12H2,1-3H3,(H,21,23). The number of hydrogen-bond acceptors (Lipinski definition) is 5. The number of methoxy groups -OCH3 is 2. The zero-order chi connectivity index (χ0) is 18.5. The second kappa shape index (κ2) is 8.05. The number of carbonyl (C=O) groups excluding carboxylic acids is 1. The van der Waals surface area contributed by atoms with E-state index < -0.39 is 6.04 Å². The van der Waals surface area contributed by atoms with E-state index in [1.807, 2.05) is 47.5 Å². The smallest absolute Gasteiger partial charge is 0.226 e. The van der Waals surface area contributed by atoms with E-state index in [1.54, 1.807) is 37.8 Å². The van der Waals surface area contributed by atoms with Crippen LogP contribution in [0.5, 0.6) is 11.5 Å². The third-order valence-corrected chi connectivity index (χ3v) is 4.92. The molecule has 0 aliphatic carbocycles. The normalized spacial score (nSPS) is 11.8. The van der Waals surface area contributed by atoms with Crippen LogP contribution in [0, 0.1) is 0 Å². The van der Waals surface area contributed by atoms with Crippen molar-refractivity contribution in [2.75, 3.05) is 14.2 Å². The van der Waals surface area contributed by atoms with Crippen molar-refractivity contribution < 1.29 is 14.3 Å². The second-order valence-electron chi connectivity index (χ2n) is 5.80. The van der Waals surface area contributed by atoms with E-state index in [2.05, 4.69) is 10.3 Å². The van der Waals surface area contributed by atoms with Gasteiger partial charge in [-0.05, 0) is 29.1 Å². The van der Waals surface area contributed by atoms with Gasteiger partial charge in [0.2, 0.25) is 5.91 Å². The van der Waals surface area contributed by atoms with Crippen LogP contribution >= 0.6 is 11.3 Å². The Bertz CT molecular complexity index is 852. The lowest BCUT2D eigenvalue weighted by Gasteiger charge is -2.20. The van der Waals surface area contributed by atoms with E-state index >= 15 is 0 Å². The molecule has 0 aliphatic rings. The first-order chi connectivity index (χ1) is 12.6. The van der Waals surface area contributed by atoms with Crippen molar-refractivity contribution in [3.05, 3.63) is 64.4 Å². The van der Waals surface area contributed by atoms with Crippen molar-refractivity contribution in [1.29, 1.82) is 0 Å². The van der Waals surface area contributed by atoms with Crippen LogP contribution in [-0.2, 0) is 18.3 Å². The Labute approximate surface area is 156 Å². The first kappa shape index (κ1) is 18.0. The summed E-state index contributed by atoms with van der Waals surface area (Å²) < 4.78 is 12.6. The molecule has 7 heteroatoms. The molecule has 1 unspecified atom stereocenters. The van der Waals surface area contributed by atoms with Gasteiger partial charge < -0.3 is 19.4 Å². The Kier molecular flexibility index (Phi) is 5.58. The second-order valence-corrected chi connectivity index (χ2v) is 6.83. The number of amides is 1. The minimum absolute atomic E-state index is 0.0674. The van der Waals surface area contributed by atoms with Gasteiger partial charge in [-0.15, -0.1) is 11.3 Å². The van der Waals surface area contributed by atoms with Crippen molar-refractivity contribution in [2.45, 2.75) is 12.5 Å². The summed E-state index contributed by atoms with van der Waals surface area (Å²) in [4.78, 5) is 18.0. The molecule has 3 rings (SSSR count). The molecule has 136 valence electrons. The van der Waals surface area contributed by atoms with Gasteiger partial charge in [0.1, 0.15) is 23.4 Å². The zero-order valence-corrected chi connectivity index (χ0v) is 15.7. The Morgan fingerprint density at radius 3 is 2.54 bits per heavy atom. The van der Waals surface area contributed by atoms with Crippen LogP contribution in [0.15, 0.2) is 48.1 Å². The molecule has 0 saturated heterocycles. The summed E-state index contributed by atoms with van der Waals surface area (Å²) in [5, 5.41) is 5.05. The van der Waals surface area contributed by atoms with E-state index in [0.717, 1.165) is 16.3 Å². The predicted molar refractivity (Wildman–Crippen MR) is 101 cm³/mol. The molecular formula is C19H21N3O3S. The van der Waals surface area contributed by atoms with Gasteiger partial charge in [0.05, 0.1) is 20.6 Å². The van der Waals surface area contributed by atoms with Gasteiger partial charge in [-0.3, -0.25) is 4.79 Å². The maximum atomic E-state index is 12.6.